The molecule has 0 unspecified atom stereocenters. The van der Waals surface area contributed by atoms with E-state index in [4.69, 9.17) is 24.7 Å². The Bertz CT molecular complexity index is 2560. The molecule has 0 aliphatic carbocycles. The summed E-state index contributed by atoms with van der Waals surface area (Å²) in [5.74, 6) is 2.39. The van der Waals surface area contributed by atoms with E-state index in [2.05, 4.69) is 113 Å². The Morgan fingerprint density at radius 1 is 0.600 bits per heavy atom. The standard InChI is InChI=1S/C29H39N5O2.C24H31N5/c1-20-10-9-17-30-26(20)24-13-8-14-25(32(24)5)27-31-22-11-6-7-12-23(22)34(27)21-15-18-33(19-16-21)28(35)36-29(2,3)4;1-17-7-6-14-26-23(17)21-10-5-11-22(28(21)2)24-27-19-8-3-4-9-20(19)29(24)18-12-15-25-16-13-18/h6-7,9-12,17,21,24-25H,8,13-16,18-19H2,1-5H3;3-4,6-9,14,18,21-22,25H,5,10-13,15-16H2,1-2H3/t24-,25+;21-,22+/m00/s1. The number of amides is 1. The second kappa shape index (κ2) is 19.4. The highest BCUT2D eigenvalue weighted by atomic mass is 16.6. The van der Waals surface area contributed by atoms with Crippen LogP contribution in [-0.4, -0.2) is 95.7 Å². The van der Waals surface area contributed by atoms with Gasteiger partial charge in [-0.15, -0.1) is 0 Å². The van der Waals surface area contributed by atoms with E-state index in [0.29, 0.717) is 37.3 Å². The van der Waals surface area contributed by atoms with Crippen molar-refractivity contribution in [2.75, 3.05) is 40.3 Å². The predicted octanol–water partition coefficient (Wildman–Crippen LogP) is 10.8. The fourth-order valence-electron chi connectivity index (χ4n) is 11.3. The molecule has 4 aliphatic heterocycles. The van der Waals surface area contributed by atoms with Gasteiger partial charge >= 0.3 is 6.09 Å². The summed E-state index contributed by atoms with van der Waals surface area (Å²) < 4.78 is 10.7. The Morgan fingerprint density at radius 2 is 1.05 bits per heavy atom. The first kappa shape index (κ1) is 45.0. The van der Waals surface area contributed by atoms with Crippen molar-refractivity contribution in [3.05, 3.63) is 119 Å². The van der Waals surface area contributed by atoms with Crippen molar-refractivity contribution in [2.24, 2.45) is 0 Å². The molecule has 4 fully saturated rings. The van der Waals surface area contributed by atoms with E-state index in [-0.39, 0.29) is 18.2 Å². The number of fused-ring (bicyclic) bond motifs is 2. The van der Waals surface area contributed by atoms with Crippen LogP contribution >= 0.6 is 0 Å². The number of carbonyl (C=O) groups excluding carboxylic acids is 1. The van der Waals surface area contributed by atoms with Crippen LogP contribution in [0.15, 0.2) is 85.2 Å². The van der Waals surface area contributed by atoms with Gasteiger partial charge in [0, 0.05) is 37.6 Å². The normalized spacial score (nSPS) is 23.1. The van der Waals surface area contributed by atoms with E-state index in [1.54, 1.807) is 0 Å². The summed E-state index contributed by atoms with van der Waals surface area (Å²) in [5, 5.41) is 3.51. The summed E-state index contributed by atoms with van der Waals surface area (Å²) in [5.41, 5.74) is 9.12. The van der Waals surface area contributed by atoms with E-state index < -0.39 is 5.60 Å². The zero-order valence-corrected chi connectivity index (χ0v) is 39.8. The molecule has 344 valence electrons. The summed E-state index contributed by atoms with van der Waals surface area (Å²) >= 11 is 0. The number of aryl methyl sites for hydroxylation is 2. The molecule has 8 heterocycles. The third-order valence-electron chi connectivity index (χ3n) is 14.6. The number of hydrogen-bond donors (Lipinski definition) is 1. The number of pyridine rings is 2. The van der Waals surface area contributed by atoms with Gasteiger partial charge in [0.2, 0.25) is 0 Å². The number of hydrogen-bond acceptors (Lipinski definition) is 9. The lowest BCUT2D eigenvalue weighted by Crippen LogP contribution is -2.42. The molecule has 1 amide bonds. The largest absolute Gasteiger partial charge is 0.444 e. The molecule has 4 atom stereocenters. The number of nitrogens with zero attached hydrogens (tertiary/aromatic N) is 9. The number of ether oxygens (including phenoxy) is 1. The van der Waals surface area contributed by atoms with Gasteiger partial charge in [0.25, 0.3) is 0 Å². The maximum Gasteiger partial charge on any atom is 0.410 e. The summed E-state index contributed by atoms with van der Waals surface area (Å²) in [4.78, 5) is 39.5. The van der Waals surface area contributed by atoms with Gasteiger partial charge in [0.1, 0.15) is 17.2 Å². The van der Waals surface area contributed by atoms with Crippen LogP contribution in [0, 0.1) is 13.8 Å². The first-order valence-corrected chi connectivity index (χ1v) is 24.4. The number of piperidine rings is 4. The first-order chi connectivity index (χ1) is 31.5. The van der Waals surface area contributed by atoms with Crippen molar-refractivity contribution in [2.45, 2.75) is 141 Å². The Balaban J connectivity index is 0.000000168. The smallest absolute Gasteiger partial charge is 0.410 e. The topological polar surface area (TPSA) is 109 Å². The molecule has 2 aromatic carbocycles. The summed E-state index contributed by atoms with van der Waals surface area (Å²) in [6, 6.07) is 27.6. The van der Waals surface area contributed by atoms with Crippen LogP contribution in [0.4, 0.5) is 4.79 Å². The minimum Gasteiger partial charge on any atom is -0.444 e. The number of imidazole rings is 2. The molecule has 0 bridgehead atoms. The molecule has 10 rings (SSSR count). The van der Waals surface area contributed by atoms with E-state index >= 15 is 0 Å². The Hall–Kier alpha value is -5.17. The highest BCUT2D eigenvalue weighted by Gasteiger charge is 2.38. The van der Waals surface area contributed by atoms with Gasteiger partial charge in [-0.3, -0.25) is 19.8 Å². The Labute approximate surface area is 385 Å². The van der Waals surface area contributed by atoms with Gasteiger partial charge in [-0.2, -0.15) is 0 Å². The van der Waals surface area contributed by atoms with Crippen LogP contribution in [0.5, 0.6) is 0 Å². The van der Waals surface area contributed by atoms with Gasteiger partial charge < -0.3 is 24.1 Å². The van der Waals surface area contributed by atoms with Gasteiger partial charge in [-0.25, -0.2) is 14.8 Å². The number of benzene rings is 2. The van der Waals surface area contributed by atoms with Gasteiger partial charge in [-0.05, 0) is 174 Å². The zero-order valence-electron chi connectivity index (χ0n) is 39.8. The molecule has 0 spiro atoms. The van der Waals surface area contributed by atoms with E-state index in [9.17, 15) is 4.79 Å². The molecular weight excluding hydrogens is 809 g/mol. The number of nitrogens with one attached hydrogen (secondary N) is 1. The SMILES string of the molecule is Cc1cccnc1[C@@H]1CCC[C@H](c2nc3ccccc3n2C2CCN(C(=O)OC(C)(C)C)CC2)N1C.Cc1cccnc1[C@@H]1CCC[C@H](c2nc3ccccc3n2C2CCNCC2)N1C. The van der Waals surface area contributed by atoms with Crippen LogP contribution in [0.3, 0.4) is 0 Å². The van der Waals surface area contributed by atoms with Crippen LogP contribution in [0.25, 0.3) is 22.1 Å². The van der Waals surface area contributed by atoms with Gasteiger partial charge in [-0.1, -0.05) is 36.4 Å². The molecule has 12 nitrogen and oxygen atoms in total. The lowest BCUT2D eigenvalue weighted by molar-refractivity contribution is 0.0186. The quantitative estimate of drug-likeness (QED) is 0.175. The van der Waals surface area contributed by atoms with Crippen molar-refractivity contribution in [3.63, 3.8) is 0 Å². The predicted molar refractivity (Wildman–Crippen MR) is 259 cm³/mol. The van der Waals surface area contributed by atoms with Crippen LogP contribution in [0.2, 0.25) is 0 Å². The number of likely N-dealkylation sites (tertiary alicyclic amines) is 3. The Morgan fingerprint density at radius 3 is 1.51 bits per heavy atom. The number of aromatic nitrogens is 6. The molecule has 65 heavy (non-hydrogen) atoms. The lowest BCUT2D eigenvalue weighted by Gasteiger charge is -2.41. The summed E-state index contributed by atoms with van der Waals surface area (Å²) in [7, 11) is 4.51. The fraction of sp³-hybridized carbons (Fsp3) is 0.528. The maximum absolute atomic E-state index is 12.6. The van der Waals surface area contributed by atoms with Crippen molar-refractivity contribution < 1.29 is 9.53 Å². The average molecular weight is 879 g/mol. The molecule has 4 aromatic heterocycles. The highest BCUT2D eigenvalue weighted by Crippen LogP contribution is 2.44. The third kappa shape index (κ3) is 9.45. The van der Waals surface area contributed by atoms with E-state index in [0.717, 1.165) is 68.5 Å². The number of carbonyl (C=O) groups is 1. The molecule has 4 aliphatic rings. The highest BCUT2D eigenvalue weighted by molar-refractivity contribution is 5.77. The zero-order chi connectivity index (χ0) is 45.2. The molecule has 0 radical (unpaired) electrons. The molecular formula is C53H70N10O2. The lowest BCUT2D eigenvalue weighted by atomic mass is 9.91. The van der Waals surface area contributed by atoms with Crippen molar-refractivity contribution in [1.29, 1.82) is 0 Å². The minimum absolute atomic E-state index is 0.211. The molecule has 12 heteroatoms. The van der Waals surface area contributed by atoms with E-state index in [1.165, 1.54) is 65.1 Å². The van der Waals surface area contributed by atoms with Crippen molar-refractivity contribution >= 4 is 28.2 Å². The van der Waals surface area contributed by atoms with Gasteiger partial charge in [0.15, 0.2) is 0 Å². The molecule has 6 aromatic rings. The second-order valence-corrected chi connectivity index (χ2v) is 20.0. The number of rotatable bonds is 6. The Kier molecular flexibility index (Phi) is 13.4. The molecule has 1 N–H and O–H groups in total. The van der Waals surface area contributed by atoms with Crippen molar-refractivity contribution in [3.8, 4) is 0 Å². The monoisotopic (exact) mass is 879 g/mol. The maximum atomic E-state index is 12.6. The van der Waals surface area contributed by atoms with Crippen LogP contribution in [0.1, 0.15) is 155 Å². The van der Waals surface area contributed by atoms with Crippen LogP contribution in [-0.2, 0) is 4.74 Å². The summed E-state index contributed by atoms with van der Waals surface area (Å²) in [6.07, 6.45) is 14.6. The van der Waals surface area contributed by atoms with Crippen LogP contribution < -0.4 is 5.32 Å². The van der Waals surface area contributed by atoms with Crippen molar-refractivity contribution in [1.82, 2.24) is 49.1 Å². The van der Waals surface area contributed by atoms with E-state index in [1.807, 2.05) is 50.2 Å². The average Bonchev–Trinajstić information content (AvgIpc) is 3.89. The third-order valence-corrected chi connectivity index (χ3v) is 14.6. The minimum atomic E-state index is -0.476. The fourth-order valence-corrected chi connectivity index (χ4v) is 11.3. The second-order valence-electron chi connectivity index (χ2n) is 20.0. The number of para-hydroxylation sites is 4. The summed E-state index contributed by atoms with van der Waals surface area (Å²) in [6.45, 7) is 13.7. The first-order valence-electron chi connectivity index (χ1n) is 24.4. The molecule has 0 saturated carbocycles. The molecule has 4 saturated heterocycles. The van der Waals surface area contributed by atoms with Gasteiger partial charge in [0.05, 0.1) is 57.6 Å².